The van der Waals surface area contributed by atoms with Crippen LogP contribution in [0.3, 0.4) is 0 Å². The second kappa shape index (κ2) is 9.26. The van der Waals surface area contributed by atoms with Crippen LogP contribution in [0.15, 0.2) is 11.6 Å². The van der Waals surface area contributed by atoms with Gasteiger partial charge >= 0.3 is 6.09 Å². The van der Waals surface area contributed by atoms with Crippen molar-refractivity contribution in [2.45, 2.75) is 40.7 Å². The smallest absolute Gasteiger partial charge is 0.409 e. The van der Waals surface area contributed by atoms with Crippen LogP contribution >= 0.6 is 0 Å². The molecule has 0 spiro atoms. The number of aromatic nitrogens is 1. The molecule has 2 heterocycles. The molecule has 1 aromatic rings. The summed E-state index contributed by atoms with van der Waals surface area (Å²) in [6.45, 7) is 10.8. The van der Waals surface area contributed by atoms with Gasteiger partial charge in [0.15, 0.2) is 0 Å². The molecule has 1 aliphatic heterocycles. The number of carbonyl (C=O) groups is 2. The summed E-state index contributed by atoms with van der Waals surface area (Å²) in [6.07, 6.45) is 2.34. The van der Waals surface area contributed by atoms with E-state index in [0.29, 0.717) is 32.8 Å². The summed E-state index contributed by atoms with van der Waals surface area (Å²) in [5.41, 5.74) is 3.20. The highest BCUT2D eigenvalue weighted by Gasteiger charge is 2.26. The van der Waals surface area contributed by atoms with E-state index in [1.54, 1.807) is 22.8 Å². The van der Waals surface area contributed by atoms with Crippen molar-refractivity contribution in [3.05, 3.63) is 28.6 Å². The van der Waals surface area contributed by atoms with E-state index in [-0.39, 0.29) is 17.6 Å². The van der Waals surface area contributed by atoms with E-state index in [9.17, 15) is 14.9 Å². The summed E-state index contributed by atoms with van der Waals surface area (Å²) in [5.74, 6) is -0.290. The highest BCUT2D eigenvalue weighted by atomic mass is 16.6. The fourth-order valence-corrected chi connectivity index (χ4v) is 3.32. The van der Waals surface area contributed by atoms with Gasteiger partial charge in [-0.2, -0.15) is 5.26 Å². The molecule has 0 N–H and O–H groups in total. The predicted molar refractivity (Wildman–Crippen MR) is 103 cm³/mol. The van der Waals surface area contributed by atoms with Gasteiger partial charge < -0.3 is 19.1 Å². The second-order valence-corrected chi connectivity index (χ2v) is 6.63. The maximum absolute atomic E-state index is 12.8. The molecule has 1 saturated heterocycles. The Morgan fingerprint density at radius 1 is 1.19 bits per heavy atom. The highest BCUT2D eigenvalue weighted by Crippen LogP contribution is 2.20. The van der Waals surface area contributed by atoms with E-state index in [1.807, 2.05) is 26.0 Å². The van der Waals surface area contributed by atoms with Crippen LogP contribution in [0.2, 0.25) is 0 Å². The largest absolute Gasteiger partial charge is 0.450 e. The van der Waals surface area contributed by atoms with Crippen LogP contribution < -0.4 is 0 Å². The van der Waals surface area contributed by atoms with E-state index in [4.69, 9.17) is 4.74 Å². The molecule has 1 fully saturated rings. The summed E-state index contributed by atoms with van der Waals surface area (Å²) < 4.78 is 7.19. The number of ether oxygens (including phenoxy) is 1. The number of aryl methyl sites for hydroxylation is 1. The molecule has 0 aliphatic carbocycles. The Morgan fingerprint density at radius 3 is 2.37 bits per heavy atom. The minimum absolute atomic E-state index is 0.122. The van der Waals surface area contributed by atoms with Gasteiger partial charge in [-0.3, -0.25) is 4.79 Å². The Kier molecular flexibility index (Phi) is 7.05. The van der Waals surface area contributed by atoms with Gasteiger partial charge in [-0.1, -0.05) is 6.92 Å². The van der Waals surface area contributed by atoms with Crippen LogP contribution in [-0.2, 0) is 16.1 Å². The fraction of sp³-hybridized carbons (Fsp3) is 0.550. The van der Waals surface area contributed by atoms with Crippen molar-refractivity contribution < 1.29 is 14.3 Å². The normalized spacial score (nSPS) is 14.9. The maximum atomic E-state index is 12.8. The number of amides is 2. The molecule has 2 amide bonds. The zero-order valence-electron chi connectivity index (χ0n) is 16.6. The fourth-order valence-electron chi connectivity index (χ4n) is 3.32. The monoisotopic (exact) mass is 372 g/mol. The minimum atomic E-state index is -0.357. The molecule has 27 heavy (non-hydrogen) atoms. The third-order valence-corrected chi connectivity index (χ3v) is 4.80. The summed E-state index contributed by atoms with van der Waals surface area (Å²) in [5, 5.41) is 9.51. The van der Waals surface area contributed by atoms with Crippen LogP contribution in [-0.4, -0.2) is 59.2 Å². The highest BCUT2D eigenvalue weighted by molar-refractivity contribution is 6.02. The zero-order valence-corrected chi connectivity index (χ0v) is 16.6. The maximum Gasteiger partial charge on any atom is 0.409 e. The lowest BCUT2D eigenvalue weighted by Crippen LogP contribution is -2.51. The van der Waals surface area contributed by atoms with Crippen molar-refractivity contribution in [1.82, 2.24) is 14.4 Å². The first-order valence-electron chi connectivity index (χ1n) is 9.42. The molecule has 146 valence electrons. The van der Waals surface area contributed by atoms with Gasteiger partial charge in [-0.15, -0.1) is 0 Å². The van der Waals surface area contributed by atoms with Gasteiger partial charge in [0, 0.05) is 44.1 Å². The Hall–Kier alpha value is -2.75. The van der Waals surface area contributed by atoms with Crippen LogP contribution in [0.25, 0.3) is 6.08 Å². The number of hydrogen-bond donors (Lipinski definition) is 0. The molecular weight excluding hydrogens is 344 g/mol. The van der Waals surface area contributed by atoms with Crippen LogP contribution in [0.1, 0.15) is 37.2 Å². The standard InChI is InChI=1S/C20H28N4O3/c1-5-7-24-15(3)12-17(16(24)4)13-18(14-21)19(25)22-8-10-23(11-9-22)20(26)27-6-2/h12-13H,5-11H2,1-4H3/b18-13+. The average Bonchev–Trinajstić information content (AvgIpc) is 2.93. The molecular formula is C20H28N4O3. The van der Waals surface area contributed by atoms with E-state index in [2.05, 4.69) is 11.5 Å². The summed E-state index contributed by atoms with van der Waals surface area (Å²) in [6, 6.07) is 4.05. The van der Waals surface area contributed by atoms with Gasteiger partial charge in [0.25, 0.3) is 5.91 Å². The molecule has 0 radical (unpaired) electrons. The molecule has 1 aromatic heterocycles. The third-order valence-electron chi connectivity index (χ3n) is 4.80. The Labute approximate surface area is 160 Å². The van der Waals surface area contributed by atoms with Gasteiger partial charge in [0.2, 0.25) is 0 Å². The van der Waals surface area contributed by atoms with Gasteiger partial charge in [-0.25, -0.2) is 4.79 Å². The molecule has 0 unspecified atom stereocenters. The van der Waals surface area contributed by atoms with Crippen molar-refractivity contribution >= 4 is 18.1 Å². The zero-order chi connectivity index (χ0) is 20.0. The minimum Gasteiger partial charge on any atom is -0.450 e. The number of carbonyl (C=O) groups excluding carboxylic acids is 2. The van der Waals surface area contributed by atoms with Gasteiger partial charge in [0.05, 0.1) is 6.61 Å². The van der Waals surface area contributed by atoms with Crippen molar-refractivity contribution in [3.63, 3.8) is 0 Å². The number of nitrogens with zero attached hydrogens (tertiary/aromatic N) is 4. The molecule has 0 bridgehead atoms. The number of hydrogen-bond acceptors (Lipinski definition) is 4. The summed E-state index contributed by atoms with van der Waals surface area (Å²) in [4.78, 5) is 27.7. The molecule has 0 atom stereocenters. The van der Waals surface area contributed by atoms with Crippen LogP contribution in [0, 0.1) is 25.2 Å². The van der Waals surface area contributed by atoms with E-state index in [0.717, 1.165) is 29.9 Å². The number of rotatable bonds is 5. The summed E-state index contributed by atoms with van der Waals surface area (Å²) in [7, 11) is 0. The first-order valence-corrected chi connectivity index (χ1v) is 9.42. The SMILES string of the molecule is CCCn1c(C)cc(/C=C(\C#N)C(=O)N2CCN(C(=O)OCC)CC2)c1C. The van der Waals surface area contributed by atoms with Crippen LogP contribution in [0.4, 0.5) is 4.79 Å². The second-order valence-electron chi connectivity index (χ2n) is 6.63. The van der Waals surface area contributed by atoms with Crippen molar-refractivity contribution in [1.29, 1.82) is 5.26 Å². The third kappa shape index (κ3) is 4.70. The van der Waals surface area contributed by atoms with E-state index >= 15 is 0 Å². The van der Waals surface area contributed by atoms with Crippen molar-refractivity contribution in [3.8, 4) is 6.07 Å². The van der Waals surface area contributed by atoms with E-state index < -0.39 is 0 Å². The summed E-state index contributed by atoms with van der Waals surface area (Å²) >= 11 is 0. The Morgan fingerprint density at radius 2 is 1.81 bits per heavy atom. The lowest BCUT2D eigenvalue weighted by molar-refractivity contribution is -0.128. The Bertz CT molecular complexity index is 765. The van der Waals surface area contributed by atoms with Crippen LogP contribution in [0.5, 0.6) is 0 Å². The molecule has 2 rings (SSSR count). The van der Waals surface area contributed by atoms with Gasteiger partial charge in [-0.05, 0) is 44.9 Å². The van der Waals surface area contributed by atoms with Crippen molar-refractivity contribution in [2.24, 2.45) is 0 Å². The number of piperazine rings is 1. The lowest BCUT2D eigenvalue weighted by Gasteiger charge is -2.33. The first-order chi connectivity index (χ1) is 12.9. The molecule has 0 aromatic carbocycles. The molecule has 7 nitrogen and oxygen atoms in total. The Balaban J connectivity index is 2.11. The topological polar surface area (TPSA) is 78.6 Å². The molecule has 7 heteroatoms. The average molecular weight is 372 g/mol. The van der Waals surface area contributed by atoms with E-state index in [1.165, 1.54) is 0 Å². The quantitative estimate of drug-likeness (QED) is 0.588. The molecule has 1 aliphatic rings. The van der Waals surface area contributed by atoms with Crippen molar-refractivity contribution in [2.75, 3.05) is 32.8 Å². The number of nitriles is 1. The first kappa shape index (κ1) is 20.6. The molecule has 0 saturated carbocycles. The van der Waals surface area contributed by atoms with Gasteiger partial charge in [0.1, 0.15) is 11.6 Å². The predicted octanol–water partition coefficient (Wildman–Crippen LogP) is 2.72. The lowest BCUT2D eigenvalue weighted by atomic mass is 10.1.